The number of nitrogens with two attached hydrogens (primary N) is 1. The molecule has 0 radical (unpaired) electrons. The molecular weight excluding hydrogens is 529 g/mol. The largest absolute Gasteiger partial charge is 0.469 e. The maximum Gasteiger partial charge on any atom is 0.469 e. The van der Waals surface area contributed by atoms with Crippen LogP contribution in [0, 0.1) is 0 Å². The van der Waals surface area contributed by atoms with Gasteiger partial charge in [-0.25, -0.2) is 9.55 Å². The predicted octanol–water partition coefficient (Wildman–Crippen LogP) is 4.64. The van der Waals surface area contributed by atoms with Crippen LogP contribution in [0.15, 0.2) is 72.1 Å². The fraction of sp³-hybridized carbons (Fsp3) is 0.154. The Morgan fingerprint density at radius 3 is 2.37 bits per heavy atom. The van der Waals surface area contributed by atoms with Crippen LogP contribution in [0.4, 0.5) is 5.69 Å². The third-order valence-electron chi connectivity index (χ3n) is 5.83. The number of thiazole rings is 1. The molecule has 0 aliphatic carbocycles. The number of nitrogens with one attached hydrogen (secondary N) is 1. The second kappa shape index (κ2) is 10.3. The van der Waals surface area contributed by atoms with Crippen LogP contribution in [0.3, 0.4) is 0 Å². The van der Waals surface area contributed by atoms with Gasteiger partial charge in [0.2, 0.25) is 12.7 Å². The maximum atomic E-state index is 12.4. The van der Waals surface area contributed by atoms with E-state index in [2.05, 4.69) is 9.84 Å². The van der Waals surface area contributed by atoms with E-state index in [0.29, 0.717) is 5.69 Å². The number of ether oxygens (including phenoxy) is 2. The number of aromatic nitrogens is 1. The molecule has 10 nitrogen and oxygen atoms in total. The number of hydrogen-bond donors (Lipinski definition) is 4. The van der Waals surface area contributed by atoms with Gasteiger partial charge in [0.25, 0.3) is 0 Å². The zero-order valence-electron chi connectivity index (χ0n) is 20.2. The molecule has 1 amide bonds. The number of fused-ring (bicyclic) bond motifs is 1. The zero-order chi connectivity index (χ0) is 26.9. The summed E-state index contributed by atoms with van der Waals surface area (Å²) in [4.78, 5) is 34.9. The van der Waals surface area contributed by atoms with Gasteiger partial charge in [-0.3, -0.25) is 9.32 Å². The van der Waals surface area contributed by atoms with Crippen molar-refractivity contribution in [3.8, 4) is 44.5 Å². The van der Waals surface area contributed by atoms with Crippen molar-refractivity contribution in [2.24, 2.45) is 5.73 Å². The molecule has 1 aromatic heterocycles. The average molecular weight is 554 g/mol. The van der Waals surface area contributed by atoms with E-state index in [1.165, 1.54) is 18.3 Å². The smallest absolute Gasteiger partial charge is 0.454 e. The first-order valence-electron chi connectivity index (χ1n) is 11.4. The van der Waals surface area contributed by atoms with Crippen LogP contribution in [0.5, 0.6) is 11.5 Å². The van der Waals surface area contributed by atoms with Gasteiger partial charge in [-0.15, -0.1) is 11.3 Å². The molecule has 1 aliphatic rings. The molecule has 5 rings (SSSR count). The summed E-state index contributed by atoms with van der Waals surface area (Å²) in [5.74, 6) is 0.855. The normalized spacial score (nSPS) is 14.2. The number of nitrogens with zero attached hydrogens (tertiary/aromatic N) is 1. The van der Waals surface area contributed by atoms with E-state index < -0.39 is 25.9 Å². The summed E-state index contributed by atoms with van der Waals surface area (Å²) < 4.78 is 26.1. The summed E-state index contributed by atoms with van der Waals surface area (Å²) in [6, 6.07) is 21.1. The van der Waals surface area contributed by atoms with Crippen molar-refractivity contribution in [3.63, 3.8) is 0 Å². The highest BCUT2D eigenvalue weighted by Gasteiger charge is 2.32. The third-order valence-corrected chi connectivity index (χ3v) is 7.19. The first kappa shape index (κ1) is 26.1. The van der Waals surface area contributed by atoms with E-state index in [1.807, 2.05) is 60.0 Å². The number of benzene rings is 3. The Balaban J connectivity index is 1.24. The number of carbonyl (C=O) groups excluding carboxylic acids is 1. The molecule has 38 heavy (non-hydrogen) atoms. The molecule has 0 fully saturated rings. The standard InChI is InChI=1S/C26H24N3O7PS/c1-26(27,14-36-37(31,32)33)25(30)28-20-9-6-17(7-10-20)21-13-38-24(29-21)18-4-2-16(3-5-18)19-8-11-22-23(12-19)35-15-34-22/h2-13H,14-15,27H2,1H3,(H,28,30)(H2,31,32,33)/t26-/m0/s1. The summed E-state index contributed by atoms with van der Waals surface area (Å²) >= 11 is 1.53. The molecular formula is C26H24N3O7PS. The van der Waals surface area contributed by atoms with Crippen molar-refractivity contribution in [2.75, 3.05) is 18.7 Å². The highest BCUT2D eigenvalue weighted by molar-refractivity contribution is 7.46. The lowest BCUT2D eigenvalue weighted by Crippen LogP contribution is -2.52. The molecule has 0 bridgehead atoms. The molecule has 3 aromatic carbocycles. The lowest BCUT2D eigenvalue weighted by Gasteiger charge is -2.23. The van der Waals surface area contributed by atoms with Gasteiger partial charge in [-0.05, 0) is 42.3 Å². The molecule has 1 atom stereocenters. The number of anilines is 1. The molecule has 0 saturated heterocycles. The van der Waals surface area contributed by atoms with Crippen molar-refractivity contribution in [3.05, 3.63) is 72.1 Å². The topological polar surface area (TPSA) is 153 Å². The van der Waals surface area contributed by atoms with Gasteiger partial charge < -0.3 is 30.3 Å². The molecule has 4 aromatic rings. The predicted molar refractivity (Wildman–Crippen MR) is 144 cm³/mol. The van der Waals surface area contributed by atoms with E-state index >= 15 is 0 Å². The molecule has 0 spiro atoms. The fourth-order valence-electron chi connectivity index (χ4n) is 3.70. The van der Waals surface area contributed by atoms with E-state index in [1.54, 1.807) is 12.1 Å². The van der Waals surface area contributed by atoms with Crippen molar-refractivity contribution < 1.29 is 33.1 Å². The van der Waals surface area contributed by atoms with Gasteiger partial charge in [0.15, 0.2) is 11.5 Å². The molecule has 0 unspecified atom stereocenters. The zero-order valence-corrected chi connectivity index (χ0v) is 21.9. The van der Waals surface area contributed by atoms with Gasteiger partial charge in [0, 0.05) is 22.2 Å². The maximum absolute atomic E-state index is 12.4. The molecule has 196 valence electrons. The molecule has 5 N–H and O–H groups in total. The number of amides is 1. The van der Waals surface area contributed by atoms with Crippen LogP contribution in [-0.4, -0.2) is 39.6 Å². The number of rotatable bonds is 8. The van der Waals surface area contributed by atoms with Crippen LogP contribution in [0.2, 0.25) is 0 Å². The van der Waals surface area contributed by atoms with Gasteiger partial charge in [-0.2, -0.15) is 0 Å². The minimum atomic E-state index is -4.74. The van der Waals surface area contributed by atoms with E-state index in [9.17, 15) is 9.36 Å². The van der Waals surface area contributed by atoms with E-state index in [4.69, 9.17) is 30.0 Å². The quantitative estimate of drug-likeness (QED) is 0.229. The van der Waals surface area contributed by atoms with Crippen molar-refractivity contribution in [1.29, 1.82) is 0 Å². The van der Waals surface area contributed by atoms with Gasteiger partial charge in [-0.1, -0.05) is 42.5 Å². The lowest BCUT2D eigenvalue weighted by molar-refractivity contribution is -0.121. The number of carbonyl (C=O) groups is 1. The minimum Gasteiger partial charge on any atom is -0.454 e. The summed E-state index contributed by atoms with van der Waals surface area (Å²) in [5.41, 5.74) is 9.44. The van der Waals surface area contributed by atoms with Crippen LogP contribution < -0.4 is 20.5 Å². The Morgan fingerprint density at radius 1 is 1.03 bits per heavy atom. The Kier molecular flexibility index (Phi) is 7.06. The fourth-order valence-corrected chi connectivity index (χ4v) is 4.97. The SMILES string of the molecule is C[C@](N)(COP(=O)(O)O)C(=O)Nc1ccc(-c2csc(-c3ccc(-c4ccc5c(c4)OCO5)cc3)n2)cc1. The number of phosphoric acid groups is 1. The first-order valence-corrected chi connectivity index (χ1v) is 13.9. The van der Waals surface area contributed by atoms with E-state index in [-0.39, 0.29) is 6.79 Å². The second-order valence-corrected chi connectivity index (χ2v) is 11.0. The summed E-state index contributed by atoms with van der Waals surface area (Å²) in [7, 11) is -4.74. The second-order valence-electron chi connectivity index (χ2n) is 8.90. The minimum absolute atomic E-state index is 0.242. The van der Waals surface area contributed by atoms with Gasteiger partial charge in [0.05, 0.1) is 12.3 Å². The molecule has 0 saturated carbocycles. The average Bonchev–Trinajstić information content (AvgIpc) is 3.57. The number of phosphoric ester groups is 1. The summed E-state index contributed by atoms with van der Waals surface area (Å²) in [6.07, 6.45) is 0. The van der Waals surface area contributed by atoms with Crippen LogP contribution in [-0.2, 0) is 13.9 Å². The van der Waals surface area contributed by atoms with Crippen molar-refractivity contribution in [1.82, 2.24) is 4.98 Å². The third kappa shape index (κ3) is 5.94. The summed E-state index contributed by atoms with van der Waals surface area (Å²) in [6.45, 7) is 0.928. The first-order chi connectivity index (χ1) is 18.1. The Morgan fingerprint density at radius 2 is 1.66 bits per heavy atom. The Labute approximate surface area is 222 Å². The highest BCUT2D eigenvalue weighted by Crippen LogP contribution is 2.38. The monoisotopic (exact) mass is 553 g/mol. The van der Waals surface area contributed by atoms with Crippen LogP contribution >= 0.6 is 19.2 Å². The molecule has 1 aliphatic heterocycles. The van der Waals surface area contributed by atoms with Crippen molar-refractivity contribution >= 4 is 30.8 Å². The molecule has 12 heteroatoms. The Hall–Kier alpha value is -3.57. The summed E-state index contributed by atoms with van der Waals surface area (Å²) in [5, 5.41) is 5.47. The van der Waals surface area contributed by atoms with Gasteiger partial charge >= 0.3 is 7.82 Å². The molecule has 2 heterocycles. The number of hydrogen-bond acceptors (Lipinski definition) is 8. The van der Waals surface area contributed by atoms with Crippen LogP contribution in [0.25, 0.3) is 33.0 Å². The lowest BCUT2D eigenvalue weighted by atomic mass is 10.0. The Bertz CT molecular complexity index is 1510. The van der Waals surface area contributed by atoms with Crippen LogP contribution in [0.1, 0.15) is 6.92 Å². The van der Waals surface area contributed by atoms with Crippen molar-refractivity contribution in [2.45, 2.75) is 12.5 Å². The van der Waals surface area contributed by atoms with E-state index in [0.717, 1.165) is 44.5 Å². The highest BCUT2D eigenvalue weighted by atomic mass is 32.1. The van der Waals surface area contributed by atoms with Gasteiger partial charge in [0.1, 0.15) is 10.5 Å².